The Morgan fingerprint density at radius 3 is 2.54 bits per heavy atom. The summed E-state index contributed by atoms with van der Waals surface area (Å²) < 4.78 is 15.9. The lowest BCUT2D eigenvalue weighted by Crippen LogP contribution is -2.20. The van der Waals surface area contributed by atoms with Crippen LogP contribution in [0.15, 0.2) is 34.1 Å². The van der Waals surface area contributed by atoms with Crippen molar-refractivity contribution in [2.24, 2.45) is 5.73 Å². The lowest BCUT2D eigenvalue weighted by atomic mass is 10.1. The van der Waals surface area contributed by atoms with Crippen LogP contribution in [0.2, 0.25) is 0 Å². The van der Waals surface area contributed by atoms with Gasteiger partial charge in [0.25, 0.3) is 5.91 Å². The number of ether oxygens (including phenoxy) is 2. The second kappa shape index (κ2) is 8.13. The van der Waals surface area contributed by atoms with Crippen LogP contribution in [0, 0.1) is 6.92 Å². The number of furan rings is 1. The number of thiazole rings is 1. The topological polar surface area (TPSA) is 117 Å². The first-order valence-electron chi connectivity index (χ1n) is 8.28. The van der Waals surface area contributed by atoms with Crippen molar-refractivity contribution in [3.8, 4) is 22.3 Å². The first-order valence-corrected chi connectivity index (χ1v) is 9.16. The first kappa shape index (κ1) is 19.4. The predicted molar refractivity (Wildman–Crippen MR) is 105 cm³/mol. The Kier molecular flexibility index (Phi) is 5.65. The Hall–Kier alpha value is -3.33. The zero-order valence-electron chi connectivity index (χ0n) is 15.6. The van der Waals surface area contributed by atoms with Gasteiger partial charge in [-0.3, -0.25) is 9.59 Å². The van der Waals surface area contributed by atoms with Gasteiger partial charge < -0.3 is 24.9 Å². The van der Waals surface area contributed by atoms with E-state index in [0.29, 0.717) is 28.0 Å². The largest absolute Gasteiger partial charge is 0.493 e. The fraction of sp³-hybridized carbons (Fsp3) is 0.211. The van der Waals surface area contributed by atoms with Crippen molar-refractivity contribution in [1.82, 2.24) is 4.98 Å². The van der Waals surface area contributed by atoms with Crippen LogP contribution in [0.3, 0.4) is 0 Å². The minimum atomic E-state index is -0.694. The molecule has 28 heavy (non-hydrogen) atoms. The van der Waals surface area contributed by atoms with Crippen LogP contribution < -0.4 is 20.5 Å². The molecule has 2 amide bonds. The molecule has 0 bridgehead atoms. The third kappa shape index (κ3) is 4.15. The zero-order chi connectivity index (χ0) is 20.3. The Morgan fingerprint density at radius 1 is 1.21 bits per heavy atom. The minimum absolute atomic E-state index is 0.0305. The highest BCUT2D eigenvalue weighted by Gasteiger charge is 2.18. The van der Waals surface area contributed by atoms with E-state index in [1.54, 1.807) is 5.38 Å². The molecular formula is C19H19N3O5S. The third-order valence-electron chi connectivity index (χ3n) is 3.91. The molecule has 9 heteroatoms. The number of aryl methyl sites for hydroxylation is 1. The van der Waals surface area contributed by atoms with Gasteiger partial charge in [-0.25, -0.2) is 4.98 Å². The highest BCUT2D eigenvalue weighted by atomic mass is 32.1. The predicted octanol–water partition coefficient (Wildman–Crippen LogP) is 3.01. The summed E-state index contributed by atoms with van der Waals surface area (Å²) in [6.07, 6.45) is 0.0305. The van der Waals surface area contributed by atoms with Gasteiger partial charge in [-0.05, 0) is 25.1 Å². The van der Waals surface area contributed by atoms with E-state index >= 15 is 0 Å². The van der Waals surface area contributed by atoms with Crippen LogP contribution in [0.4, 0.5) is 5.69 Å². The average Bonchev–Trinajstić information content (AvgIpc) is 3.29. The van der Waals surface area contributed by atoms with E-state index in [4.69, 9.17) is 19.6 Å². The zero-order valence-corrected chi connectivity index (χ0v) is 16.4. The molecule has 1 aromatic carbocycles. The summed E-state index contributed by atoms with van der Waals surface area (Å²) in [6.45, 7) is 1.85. The number of anilines is 1. The van der Waals surface area contributed by atoms with E-state index in [1.165, 1.54) is 37.7 Å². The van der Waals surface area contributed by atoms with Gasteiger partial charge in [-0.1, -0.05) is 0 Å². The maximum absolute atomic E-state index is 12.5. The van der Waals surface area contributed by atoms with E-state index in [1.807, 2.05) is 19.1 Å². The van der Waals surface area contributed by atoms with Crippen LogP contribution in [-0.2, 0) is 11.2 Å². The van der Waals surface area contributed by atoms with Gasteiger partial charge in [0, 0.05) is 11.4 Å². The van der Waals surface area contributed by atoms with Crippen LogP contribution in [-0.4, -0.2) is 31.0 Å². The molecule has 0 radical (unpaired) electrons. The highest BCUT2D eigenvalue weighted by Crippen LogP contribution is 2.33. The van der Waals surface area contributed by atoms with E-state index < -0.39 is 5.91 Å². The summed E-state index contributed by atoms with van der Waals surface area (Å²) in [4.78, 5) is 28.6. The lowest BCUT2D eigenvalue weighted by Gasteiger charge is -2.14. The summed E-state index contributed by atoms with van der Waals surface area (Å²) in [7, 11) is 2.90. The van der Waals surface area contributed by atoms with Crippen molar-refractivity contribution in [3.05, 3.63) is 46.7 Å². The molecular weight excluding hydrogens is 382 g/mol. The van der Waals surface area contributed by atoms with Gasteiger partial charge in [-0.2, -0.15) is 0 Å². The average molecular weight is 401 g/mol. The maximum Gasteiger partial charge on any atom is 0.250 e. The number of carbonyl (C=O) groups excluding carboxylic acids is 2. The summed E-state index contributed by atoms with van der Waals surface area (Å²) in [5.74, 6) is 1.11. The number of amides is 2. The number of nitrogens with one attached hydrogen (secondary N) is 1. The van der Waals surface area contributed by atoms with Gasteiger partial charge in [0.05, 0.1) is 37.6 Å². The standard InChI is InChI=1S/C19H19N3O5S/c1-10-4-5-14(27-10)19-21-11(9-28-19)6-17(23)22-13-8-16(26-3)15(25-2)7-12(13)18(20)24/h4-5,7-9H,6H2,1-3H3,(H2,20,24)(H,22,23). The number of methoxy groups -OCH3 is 2. The third-order valence-corrected chi connectivity index (χ3v) is 4.81. The SMILES string of the molecule is COc1cc(NC(=O)Cc2csc(-c3ccc(C)o3)n2)c(C(N)=O)cc1OC. The van der Waals surface area contributed by atoms with Gasteiger partial charge in [0.1, 0.15) is 5.76 Å². The van der Waals surface area contributed by atoms with Crippen molar-refractivity contribution in [3.63, 3.8) is 0 Å². The second-order valence-corrected chi connectivity index (χ2v) is 6.75. The van der Waals surface area contributed by atoms with E-state index in [9.17, 15) is 9.59 Å². The molecule has 0 saturated carbocycles. The number of hydrogen-bond acceptors (Lipinski definition) is 7. The number of aromatic nitrogens is 1. The van der Waals surface area contributed by atoms with Gasteiger partial charge in [0.15, 0.2) is 22.3 Å². The number of carbonyl (C=O) groups is 2. The van der Waals surface area contributed by atoms with Crippen molar-refractivity contribution in [1.29, 1.82) is 0 Å². The molecule has 146 valence electrons. The Bertz CT molecular complexity index is 1020. The molecule has 8 nitrogen and oxygen atoms in total. The number of primary amides is 1. The van der Waals surface area contributed by atoms with Gasteiger partial charge in [0.2, 0.25) is 5.91 Å². The summed E-state index contributed by atoms with van der Waals surface area (Å²) >= 11 is 1.39. The molecule has 0 aliphatic carbocycles. The number of nitrogens with two attached hydrogens (primary N) is 1. The Balaban J connectivity index is 1.78. The number of benzene rings is 1. The van der Waals surface area contributed by atoms with E-state index in [-0.39, 0.29) is 23.6 Å². The van der Waals surface area contributed by atoms with Crippen LogP contribution in [0.1, 0.15) is 21.8 Å². The molecule has 0 spiro atoms. The normalized spacial score (nSPS) is 10.5. The van der Waals surface area contributed by atoms with E-state index in [2.05, 4.69) is 10.3 Å². The Labute approximate surface area is 165 Å². The number of nitrogens with zero attached hydrogens (tertiary/aromatic N) is 1. The maximum atomic E-state index is 12.5. The molecule has 0 fully saturated rings. The molecule has 2 aromatic heterocycles. The molecule has 2 heterocycles. The smallest absolute Gasteiger partial charge is 0.250 e. The van der Waals surface area contributed by atoms with Crippen molar-refractivity contribution in [2.45, 2.75) is 13.3 Å². The fourth-order valence-electron chi connectivity index (χ4n) is 2.60. The quantitative estimate of drug-likeness (QED) is 0.629. The molecule has 0 aliphatic heterocycles. The van der Waals surface area contributed by atoms with Crippen LogP contribution in [0.25, 0.3) is 10.8 Å². The van der Waals surface area contributed by atoms with Crippen molar-refractivity contribution >= 4 is 28.8 Å². The van der Waals surface area contributed by atoms with Crippen molar-refractivity contribution < 1.29 is 23.5 Å². The van der Waals surface area contributed by atoms with E-state index in [0.717, 1.165) is 5.76 Å². The lowest BCUT2D eigenvalue weighted by molar-refractivity contribution is -0.115. The molecule has 0 unspecified atom stereocenters. The summed E-state index contributed by atoms with van der Waals surface area (Å²) in [5.41, 5.74) is 6.37. The van der Waals surface area contributed by atoms with Gasteiger partial charge >= 0.3 is 0 Å². The van der Waals surface area contributed by atoms with Gasteiger partial charge in [-0.15, -0.1) is 11.3 Å². The highest BCUT2D eigenvalue weighted by molar-refractivity contribution is 7.13. The monoisotopic (exact) mass is 401 g/mol. The summed E-state index contributed by atoms with van der Waals surface area (Å²) in [6, 6.07) is 6.61. The van der Waals surface area contributed by atoms with Crippen LogP contribution in [0.5, 0.6) is 11.5 Å². The molecule has 3 aromatic rings. The van der Waals surface area contributed by atoms with Crippen molar-refractivity contribution in [2.75, 3.05) is 19.5 Å². The number of rotatable bonds is 7. The fourth-order valence-corrected chi connectivity index (χ4v) is 3.38. The minimum Gasteiger partial charge on any atom is -0.493 e. The van der Waals surface area contributed by atoms with Crippen LogP contribution >= 0.6 is 11.3 Å². The summed E-state index contributed by atoms with van der Waals surface area (Å²) in [5, 5.41) is 5.17. The molecule has 0 atom stereocenters. The molecule has 3 rings (SSSR count). The molecule has 3 N–H and O–H groups in total. The molecule has 0 aliphatic rings. The first-order chi connectivity index (χ1) is 13.4. The second-order valence-electron chi connectivity index (χ2n) is 5.90. The number of hydrogen-bond donors (Lipinski definition) is 2. The Morgan fingerprint density at radius 2 is 1.93 bits per heavy atom. The molecule has 0 saturated heterocycles.